The third kappa shape index (κ3) is 2.92. The summed E-state index contributed by atoms with van der Waals surface area (Å²) in [6.07, 6.45) is 3.77. The molecule has 1 aliphatic carbocycles. The predicted molar refractivity (Wildman–Crippen MR) is 81.4 cm³/mol. The van der Waals surface area contributed by atoms with Crippen molar-refractivity contribution < 1.29 is 17.6 Å². The lowest BCUT2D eigenvalue weighted by Gasteiger charge is -2.16. The van der Waals surface area contributed by atoms with E-state index in [-0.39, 0.29) is 23.0 Å². The Morgan fingerprint density at radius 3 is 3.05 bits per heavy atom. The Hall–Kier alpha value is -1.34. The zero-order valence-electron chi connectivity index (χ0n) is 12.7. The Bertz CT molecular complexity index is 641. The van der Waals surface area contributed by atoms with E-state index in [0.717, 1.165) is 18.6 Å². The fourth-order valence-corrected chi connectivity index (χ4v) is 4.96. The van der Waals surface area contributed by atoms with Crippen LogP contribution in [-0.2, 0) is 21.4 Å². The van der Waals surface area contributed by atoms with Crippen molar-refractivity contribution in [3.63, 3.8) is 0 Å². The Kier molecular flexibility index (Phi) is 4.03. The van der Waals surface area contributed by atoms with Gasteiger partial charge in [0.2, 0.25) is 15.9 Å². The normalized spacial score (nSPS) is 28.1. The van der Waals surface area contributed by atoms with Crippen LogP contribution in [0.15, 0.2) is 22.8 Å². The van der Waals surface area contributed by atoms with Crippen molar-refractivity contribution in [3.8, 4) is 0 Å². The van der Waals surface area contributed by atoms with Gasteiger partial charge in [-0.15, -0.1) is 0 Å². The number of hydrogen-bond acceptors (Lipinski definition) is 4. The van der Waals surface area contributed by atoms with Crippen molar-refractivity contribution in [2.45, 2.75) is 32.7 Å². The van der Waals surface area contributed by atoms with Crippen LogP contribution in [0.2, 0.25) is 0 Å². The summed E-state index contributed by atoms with van der Waals surface area (Å²) in [7, 11) is -3.15. The first-order valence-corrected chi connectivity index (χ1v) is 9.36. The Morgan fingerprint density at radius 1 is 1.55 bits per heavy atom. The number of nitrogens with zero attached hydrogens (tertiary/aromatic N) is 1. The minimum absolute atomic E-state index is 0.00568. The third-order valence-electron chi connectivity index (χ3n) is 4.73. The van der Waals surface area contributed by atoms with Gasteiger partial charge in [0, 0.05) is 19.0 Å². The first kappa shape index (κ1) is 15.6. The second-order valence-corrected chi connectivity index (χ2v) is 8.40. The van der Waals surface area contributed by atoms with Gasteiger partial charge >= 0.3 is 0 Å². The summed E-state index contributed by atoms with van der Waals surface area (Å²) in [4.78, 5) is 12.2. The van der Waals surface area contributed by atoms with Gasteiger partial charge in [-0.1, -0.05) is 6.92 Å². The molecule has 2 atom stereocenters. The molecule has 1 amide bonds. The molecule has 0 radical (unpaired) electrons. The monoisotopic (exact) mass is 326 g/mol. The highest BCUT2D eigenvalue weighted by molar-refractivity contribution is 7.89. The van der Waals surface area contributed by atoms with Crippen molar-refractivity contribution in [3.05, 3.63) is 24.2 Å². The standard InChI is InChI=1S/C15H22N2O4S/c1-2-8-22(19,20)17-6-5-15(11-17)9-13(15)14(18)16-10-12-4-3-7-21-12/h3-4,7,13H,2,5-6,8-11H2,1H3,(H,16,18)/t13-,15-/m0/s1. The van der Waals surface area contributed by atoms with E-state index in [0.29, 0.717) is 26.1 Å². The Morgan fingerprint density at radius 2 is 2.36 bits per heavy atom. The molecule has 122 valence electrons. The van der Waals surface area contributed by atoms with Crippen LogP contribution in [0, 0.1) is 11.3 Å². The average molecular weight is 326 g/mol. The van der Waals surface area contributed by atoms with E-state index in [2.05, 4.69) is 5.32 Å². The first-order chi connectivity index (χ1) is 10.5. The highest BCUT2D eigenvalue weighted by Crippen LogP contribution is 2.58. The second-order valence-electron chi connectivity index (χ2n) is 6.32. The molecule has 1 spiro atoms. The Labute approximate surface area is 130 Å². The summed E-state index contributed by atoms with van der Waals surface area (Å²) in [5, 5.41) is 2.88. The zero-order chi connectivity index (χ0) is 15.8. The molecule has 1 saturated carbocycles. The van der Waals surface area contributed by atoms with E-state index < -0.39 is 10.0 Å². The maximum atomic E-state index is 12.2. The maximum absolute atomic E-state index is 12.2. The molecule has 1 saturated heterocycles. The van der Waals surface area contributed by atoms with E-state index in [9.17, 15) is 13.2 Å². The van der Waals surface area contributed by atoms with Gasteiger partial charge < -0.3 is 9.73 Å². The van der Waals surface area contributed by atoms with E-state index in [1.54, 1.807) is 16.6 Å². The minimum atomic E-state index is -3.15. The van der Waals surface area contributed by atoms with E-state index in [1.165, 1.54) is 0 Å². The predicted octanol–water partition coefficient (Wildman–Crippen LogP) is 1.35. The number of nitrogens with one attached hydrogen (secondary N) is 1. The number of carbonyl (C=O) groups is 1. The van der Waals surface area contributed by atoms with Gasteiger partial charge in [-0.2, -0.15) is 0 Å². The molecule has 2 fully saturated rings. The van der Waals surface area contributed by atoms with Gasteiger partial charge in [0.15, 0.2) is 0 Å². The van der Waals surface area contributed by atoms with Crippen LogP contribution in [0.4, 0.5) is 0 Å². The van der Waals surface area contributed by atoms with E-state index in [4.69, 9.17) is 4.42 Å². The Balaban J connectivity index is 1.54. The minimum Gasteiger partial charge on any atom is -0.467 e. The quantitative estimate of drug-likeness (QED) is 0.856. The van der Waals surface area contributed by atoms with Gasteiger partial charge in [0.1, 0.15) is 5.76 Å². The molecule has 0 aromatic carbocycles. The molecule has 1 aromatic heterocycles. The van der Waals surface area contributed by atoms with Crippen molar-refractivity contribution in [1.82, 2.24) is 9.62 Å². The van der Waals surface area contributed by atoms with Crippen LogP contribution in [0.3, 0.4) is 0 Å². The van der Waals surface area contributed by atoms with Crippen LogP contribution in [0.25, 0.3) is 0 Å². The molecule has 0 bridgehead atoms. The van der Waals surface area contributed by atoms with Gasteiger partial charge in [-0.3, -0.25) is 4.79 Å². The van der Waals surface area contributed by atoms with Crippen LogP contribution >= 0.6 is 0 Å². The summed E-state index contributed by atoms with van der Waals surface area (Å²) >= 11 is 0. The lowest BCUT2D eigenvalue weighted by molar-refractivity contribution is -0.123. The second kappa shape index (κ2) is 5.70. The summed E-state index contributed by atoms with van der Waals surface area (Å²) in [6, 6.07) is 3.60. The lowest BCUT2D eigenvalue weighted by Crippen LogP contribution is -2.32. The van der Waals surface area contributed by atoms with Gasteiger partial charge in [-0.05, 0) is 36.8 Å². The molecule has 7 heteroatoms. The molecule has 6 nitrogen and oxygen atoms in total. The lowest BCUT2D eigenvalue weighted by atomic mass is 10.0. The number of furan rings is 1. The van der Waals surface area contributed by atoms with Gasteiger partial charge in [0.25, 0.3) is 0 Å². The highest BCUT2D eigenvalue weighted by Gasteiger charge is 2.61. The van der Waals surface area contributed by atoms with Crippen LogP contribution in [0.5, 0.6) is 0 Å². The van der Waals surface area contributed by atoms with Crippen molar-refractivity contribution in [1.29, 1.82) is 0 Å². The van der Waals surface area contributed by atoms with Gasteiger partial charge in [-0.25, -0.2) is 12.7 Å². The number of sulfonamides is 1. The number of amides is 1. The highest BCUT2D eigenvalue weighted by atomic mass is 32.2. The maximum Gasteiger partial charge on any atom is 0.224 e. The van der Waals surface area contributed by atoms with E-state index >= 15 is 0 Å². The van der Waals surface area contributed by atoms with Crippen molar-refractivity contribution in [2.75, 3.05) is 18.8 Å². The average Bonchev–Trinajstić information content (AvgIpc) is 2.82. The molecular formula is C15H22N2O4S. The summed E-state index contributed by atoms with van der Waals surface area (Å²) in [5.41, 5.74) is -0.131. The fourth-order valence-electron chi connectivity index (χ4n) is 3.36. The molecule has 1 aliphatic heterocycles. The summed E-state index contributed by atoms with van der Waals surface area (Å²) in [6.45, 7) is 3.29. The SMILES string of the molecule is CCCS(=O)(=O)N1CC[C@]2(C[C@H]2C(=O)NCc2ccco2)C1. The molecule has 0 unspecified atom stereocenters. The van der Waals surface area contributed by atoms with Crippen LogP contribution < -0.4 is 5.32 Å². The number of carbonyl (C=O) groups excluding carboxylic acids is 1. The van der Waals surface area contributed by atoms with Crippen molar-refractivity contribution in [2.24, 2.45) is 11.3 Å². The van der Waals surface area contributed by atoms with Gasteiger partial charge in [0.05, 0.1) is 18.6 Å². The van der Waals surface area contributed by atoms with Crippen molar-refractivity contribution >= 4 is 15.9 Å². The molecular weight excluding hydrogens is 304 g/mol. The molecule has 22 heavy (non-hydrogen) atoms. The summed E-state index contributed by atoms with van der Waals surface area (Å²) in [5.74, 6) is 0.857. The number of hydrogen-bond donors (Lipinski definition) is 1. The first-order valence-electron chi connectivity index (χ1n) is 7.75. The molecule has 1 N–H and O–H groups in total. The zero-order valence-corrected chi connectivity index (χ0v) is 13.6. The van der Waals surface area contributed by atoms with Crippen LogP contribution in [-0.4, -0.2) is 37.5 Å². The molecule has 3 rings (SSSR count). The molecule has 1 aromatic rings. The molecule has 2 aliphatic rings. The third-order valence-corrected chi connectivity index (χ3v) is 6.75. The molecule has 2 heterocycles. The van der Waals surface area contributed by atoms with E-state index in [1.807, 2.05) is 13.0 Å². The van der Waals surface area contributed by atoms with Crippen LogP contribution in [0.1, 0.15) is 31.9 Å². The smallest absolute Gasteiger partial charge is 0.224 e. The topological polar surface area (TPSA) is 79.6 Å². The largest absolute Gasteiger partial charge is 0.467 e. The fraction of sp³-hybridized carbons (Fsp3) is 0.667. The summed E-state index contributed by atoms with van der Waals surface area (Å²) < 4.78 is 31.0. The number of rotatable bonds is 6.